The first-order valence-corrected chi connectivity index (χ1v) is 5.79. The summed E-state index contributed by atoms with van der Waals surface area (Å²) in [5.41, 5.74) is 0.479. The van der Waals surface area contributed by atoms with Crippen molar-refractivity contribution in [3.8, 4) is 17.2 Å². The van der Waals surface area contributed by atoms with Crippen LogP contribution in [-0.2, 0) is 0 Å². The molecule has 0 aliphatic heterocycles. The van der Waals surface area contributed by atoms with Crippen LogP contribution in [0.25, 0.3) is 0 Å². The van der Waals surface area contributed by atoms with Gasteiger partial charge in [-0.2, -0.15) is 0 Å². The lowest BCUT2D eigenvalue weighted by molar-refractivity contribution is 0.108. The molecule has 0 aliphatic rings. The van der Waals surface area contributed by atoms with Crippen molar-refractivity contribution < 1.29 is 19.0 Å². The van der Waals surface area contributed by atoms with Crippen LogP contribution in [0.15, 0.2) is 12.1 Å². The first kappa shape index (κ1) is 12.7. The summed E-state index contributed by atoms with van der Waals surface area (Å²) in [6.07, 6.45) is 1.72. The molecule has 16 heavy (non-hydrogen) atoms. The Labute approximate surface area is 98.9 Å². The summed E-state index contributed by atoms with van der Waals surface area (Å²) in [5.74, 6) is 1.38. The molecule has 0 amide bonds. The van der Waals surface area contributed by atoms with Gasteiger partial charge in [-0.1, -0.05) is 11.8 Å². The van der Waals surface area contributed by atoms with Crippen LogP contribution in [0, 0.1) is 0 Å². The molecule has 0 spiro atoms. The molecule has 0 atom stereocenters. The highest BCUT2D eigenvalue weighted by Gasteiger charge is 2.19. The highest BCUT2D eigenvalue weighted by molar-refractivity contribution is 8.13. The number of benzene rings is 1. The van der Waals surface area contributed by atoms with Gasteiger partial charge in [0.25, 0.3) is 0 Å². The van der Waals surface area contributed by atoms with E-state index in [0.717, 1.165) is 11.8 Å². The van der Waals surface area contributed by atoms with Crippen LogP contribution >= 0.6 is 11.8 Å². The van der Waals surface area contributed by atoms with Crippen LogP contribution in [0.2, 0.25) is 0 Å². The third-order valence-electron chi connectivity index (χ3n) is 2.11. The van der Waals surface area contributed by atoms with Crippen molar-refractivity contribution in [2.45, 2.75) is 0 Å². The minimum absolute atomic E-state index is 0.0715. The Morgan fingerprint density at radius 3 is 2.12 bits per heavy atom. The van der Waals surface area contributed by atoms with Gasteiger partial charge in [-0.25, -0.2) is 0 Å². The van der Waals surface area contributed by atoms with E-state index in [4.69, 9.17) is 14.2 Å². The van der Waals surface area contributed by atoms with Gasteiger partial charge in [-0.3, -0.25) is 4.79 Å². The molecule has 1 aromatic rings. The van der Waals surface area contributed by atoms with Crippen molar-refractivity contribution >= 4 is 16.9 Å². The lowest BCUT2D eigenvalue weighted by Crippen LogP contribution is -2.01. The van der Waals surface area contributed by atoms with Gasteiger partial charge in [0, 0.05) is 0 Å². The van der Waals surface area contributed by atoms with Crippen LogP contribution in [0.1, 0.15) is 10.4 Å². The molecule has 0 fully saturated rings. The summed E-state index contributed by atoms with van der Waals surface area (Å²) in [6, 6.07) is 3.35. The van der Waals surface area contributed by atoms with Gasteiger partial charge < -0.3 is 14.2 Å². The highest BCUT2D eigenvalue weighted by atomic mass is 32.2. The van der Waals surface area contributed by atoms with Crippen LogP contribution < -0.4 is 14.2 Å². The molecule has 1 aromatic carbocycles. The Morgan fingerprint density at radius 2 is 1.69 bits per heavy atom. The van der Waals surface area contributed by atoms with Gasteiger partial charge in [0.2, 0.25) is 10.9 Å². The third kappa shape index (κ3) is 2.24. The first-order chi connectivity index (χ1) is 7.69. The van der Waals surface area contributed by atoms with Crippen molar-refractivity contribution in [3.05, 3.63) is 17.7 Å². The van der Waals surface area contributed by atoms with Crippen molar-refractivity contribution in [1.29, 1.82) is 0 Å². The van der Waals surface area contributed by atoms with E-state index in [9.17, 15) is 4.79 Å². The Morgan fingerprint density at radius 1 is 1.06 bits per heavy atom. The number of hydrogen-bond acceptors (Lipinski definition) is 5. The molecular weight excluding hydrogens is 228 g/mol. The standard InChI is InChI=1S/C11H14O4S/c1-13-8-6-5-7(11(12)16-4)9(14-2)10(8)15-3/h5-6H,1-4H3. The molecule has 0 N–H and O–H groups in total. The fourth-order valence-electron chi connectivity index (χ4n) is 1.37. The van der Waals surface area contributed by atoms with E-state index in [1.165, 1.54) is 21.3 Å². The van der Waals surface area contributed by atoms with E-state index in [0.29, 0.717) is 22.8 Å². The summed E-state index contributed by atoms with van der Waals surface area (Å²) in [7, 11) is 4.54. The Kier molecular flexibility index (Phi) is 4.49. The van der Waals surface area contributed by atoms with E-state index in [-0.39, 0.29) is 5.12 Å². The smallest absolute Gasteiger partial charge is 0.222 e. The van der Waals surface area contributed by atoms with Gasteiger partial charge in [0.15, 0.2) is 11.5 Å². The molecular formula is C11H14O4S. The van der Waals surface area contributed by atoms with Crippen molar-refractivity contribution in [1.82, 2.24) is 0 Å². The Hall–Kier alpha value is -1.36. The van der Waals surface area contributed by atoms with Crippen molar-refractivity contribution in [2.75, 3.05) is 27.6 Å². The molecule has 0 saturated heterocycles. The summed E-state index contributed by atoms with van der Waals surface area (Å²) < 4.78 is 15.5. The molecule has 1 rings (SSSR count). The largest absolute Gasteiger partial charge is 0.493 e. The number of rotatable bonds is 4. The molecule has 0 aromatic heterocycles. The monoisotopic (exact) mass is 242 g/mol. The summed E-state index contributed by atoms with van der Waals surface area (Å²) >= 11 is 1.12. The zero-order chi connectivity index (χ0) is 12.1. The molecule has 0 unspecified atom stereocenters. The zero-order valence-corrected chi connectivity index (χ0v) is 10.5. The van der Waals surface area contributed by atoms with Gasteiger partial charge in [0.1, 0.15) is 0 Å². The molecule has 0 aliphatic carbocycles. The lowest BCUT2D eigenvalue weighted by atomic mass is 10.2. The minimum Gasteiger partial charge on any atom is -0.493 e. The average Bonchev–Trinajstić information content (AvgIpc) is 2.35. The second-order valence-corrected chi connectivity index (χ2v) is 3.65. The average molecular weight is 242 g/mol. The second kappa shape index (κ2) is 5.65. The molecule has 4 nitrogen and oxygen atoms in total. The quantitative estimate of drug-likeness (QED) is 0.810. The van der Waals surface area contributed by atoms with E-state index >= 15 is 0 Å². The SMILES string of the molecule is COc1ccc(C(=O)SC)c(OC)c1OC. The molecule has 0 bridgehead atoms. The van der Waals surface area contributed by atoms with Crippen LogP contribution in [-0.4, -0.2) is 32.7 Å². The molecule has 0 heterocycles. The van der Waals surface area contributed by atoms with E-state index in [1.54, 1.807) is 18.4 Å². The van der Waals surface area contributed by atoms with Crippen LogP contribution in [0.3, 0.4) is 0 Å². The lowest BCUT2D eigenvalue weighted by Gasteiger charge is -2.14. The van der Waals surface area contributed by atoms with E-state index < -0.39 is 0 Å². The van der Waals surface area contributed by atoms with Gasteiger partial charge in [-0.05, 0) is 18.4 Å². The first-order valence-electron chi connectivity index (χ1n) is 4.56. The maximum atomic E-state index is 11.6. The number of carbonyl (C=O) groups excluding carboxylic acids is 1. The van der Waals surface area contributed by atoms with Gasteiger partial charge in [0.05, 0.1) is 26.9 Å². The minimum atomic E-state index is -0.0715. The summed E-state index contributed by atoms with van der Waals surface area (Å²) in [4.78, 5) is 11.6. The predicted octanol–water partition coefficient (Wildman–Crippen LogP) is 2.22. The fraction of sp³-hybridized carbons (Fsp3) is 0.364. The summed E-state index contributed by atoms with van der Waals surface area (Å²) in [6.45, 7) is 0. The number of hydrogen-bond donors (Lipinski definition) is 0. The molecule has 88 valence electrons. The summed E-state index contributed by atoms with van der Waals surface area (Å²) in [5, 5.41) is -0.0715. The fourth-order valence-corrected chi connectivity index (χ4v) is 1.75. The maximum absolute atomic E-state index is 11.6. The number of thioether (sulfide) groups is 1. The van der Waals surface area contributed by atoms with Crippen LogP contribution in [0.4, 0.5) is 0 Å². The van der Waals surface area contributed by atoms with Crippen molar-refractivity contribution in [3.63, 3.8) is 0 Å². The Bertz CT molecular complexity index is 390. The normalized spacial score (nSPS) is 9.75. The van der Waals surface area contributed by atoms with Crippen LogP contribution in [0.5, 0.6) is 17.2 Å². The molecule has 0 radical (unpaired) electrons. The van der Waals surface area contributed by atoms with Gasteiger partial charge in [-0.15, -0.1) is 0 Å². The highest BCUT2D eigenvalue weighted by Crippen LogP contribution is 2.40. The number of ether oxygens (including phenoxy) is 3. The Balaban J connectivity index is 3.37. The topological polar surface area (TPSA) is 44.8 Å². The van der Waals surface area contributed by atoms with E-state index in [2.05, 4.69) is 0 Å². The van der Waals surface area contributed by atoms with Gasteiger partial charge >= 0.3 is 0 Å². The molecule has 0 saturated carbocycles. The maximum Gasteiger partial charge on any atom is 0.222 e. The number of methoxy groups -OCH3 is 3. The zero-order valence-electron chi connectivity index (χ0n) is 9.70. The number of carbonyl (C=O) groups is 1. The third-order valence-corrected chi connectivity index (χ3v) is 2.70. The second-order valence-electron chi connectivity index (χ2n) is 2.87. The predicted molar refractivity (Wildman–Crippen MR) is 63.9 cm³/mol. The van der Waals surface area contributed by atoms with Crippen molar-refractivity contribution in [2.24, 2.45) is 0 Å². The molecule has 5 heteroatoms. The van der Waals surface area contributed by atoms with E-state index in [1.807, 2.05) is 0 Å².